The molecule has 1 atom stereocenters. The SMILES string of the molecule is Cc1ccncc1NS(=O)(=O)CC1CCCNC1. The van der Waals surface area contributed by atoms with Gasteiger partial charge < -0.3 is 5.32 Å². The largest absolute Gasteiger partial charge is 0.316 e. The summed E-state index contributed by atoms with van der Waals surface area (Å²) in [6.45, 7) is 3.64. The summed E-state index contributed by atoms with van der Waals surface area (Å²) in [5.41, 5.74) is 1.46. The van der Waals surface area contributed by atoms with E-state index in [1.165, 1.54) is 0 Å². The minimum Gasteiger partial charge on any atom is -0.316 e. The first-order chi connectivity index (χ1) is 8.57. The number of sulfonamides is 1. The maximum atomic E-state index is 12.1. The molecule has 6 heteroatoms. The van der Waals surface area contributed by atoms with Gasteiger partial charge in [-0.1, -0.05) is 0 Å². The van der Waals surface area contributed by atoms with E-state index in [0.717, 1.165) is 31.5 Å². The molecule has 1 aliphatic rings. The Morgan fingerprint density at radius 1 is 1.56 bits per heavy atom. The van der Waals surface area contributed by atoms with Crippen molar-refractivity contribution in [2.24, 2.45) is 5.92 Å². The monoisotopic (exact) mass is 269 g/mol. The van der Waals surface area contributed by atoms with Gasteiger partial charge in [-0.3, -0.25) is 9.71 Å². The molecule has 2 heterocycles. The van der Waals surface area contributed by atoms with Gasteiger partial charge in [0.05, 0.1) is 17.6 Å². The summed E-state index contributed by atoms with van der Waals surface area (Å²) in [7, 11) is -3.29. The van der Waals surface area contributed by atoms with E-state index >= 15 is 0 Å². The third kappa shape index (κ3) is 3.68. The van der Waals surface area contributed by atoms with E-state index in [1.54, 1.807) is 18.5 Å². The first-order valence-corrected chi connectivity index (χ1v) is 7.84. The van der Waals surface area contributed by atoms with Crippen LogP contribution >= 0.6 is 0 Å². The quantitative estimate of drug-likeness (QED) is 0.859. The summed E-state index contributed by atoms with van der Waals surface area (Å²) in [4.78, 5) is 3.94. The van der Waals surface area contributed by atoms with Crippen molar-refractivity contribution in [1.29, 1.82) is 0 Å². The van der Waals surface area contributed by atoms with Crippen LogP contribution < -0.4 is 10.0 Å². The Bertz CT molecular complexity index is 496. The van der Waals surface area contributed by atoms with Gasteiger partial charge in [-0.15, -0.1) is 0 Å². The number of nitrogens with zero attached hydrogens (tertiary/aromatic N) is 1. The zero-order chi connectivity index (χ0) is 13.0. The molecule has 0 radical (unpaired) electrons. The second-order valence-electron chi connectivity index (χ2n) is 4.79. The number of pyridine rings is 1. The summed E-state index contributed by atoms with van der Waals surface area (Å²) < 4.78 is 26.7. The molecule has 2 N–H and O–H groups in total. The Kier molecular flexibility index (Phi) is 4.19. The number of anilines is 1. The Morgan fingerprint density at radius 2 is 2.39 bits per heavy atom. The molecule has 0 saturated carbocycles. The molecule has 100 valence electrons. The van der Waals surface area contributed by atoms with Crippen LogP contribution in [0.15, 0.2) is 18.5 Å². The van der Waals surface area contributed by atoms with E-state index < -0.39 is 10.0 Å². The molecule has 1 saturated heterocycles. The zero-order valence-corrected chi connectivity index (χ0v) is 11.3. The van der Waals surface area contributed by atoms with E-state index in [0.29, 0.717) is 5.69 Å². The molecule has 1 fully saturated rings. The maximum absolute atomic E-state index is 12.1. The van der Waals surface area contributed by atoms with E-state index in [9.17, 15) is 8.42 Å². The third-order valence-electron chi connectivity index (χ3n) is 3.16. The fourth-order valence-corrected chi connectivity index (χ4v) is 3.69. The molecule has 5 nitrogen and oxygen atoms in total. The zero-order valence-electron chi connectivity index (χ0n) is 10.5. The molecule has 1 aromatic heterocycles. The fourth-order valence-electron chi connectivity index (χ4n) is 2.16. The summed E-state index contributed by atoms with van der Waals surface area (Å²) in [6, 6.07) is 1.79. The predicted molar refractivity (Wildman–Crippen MR) is 72.0 cm³/mol. The molecule has 0 aliphatic carbocycles. The van der Waals surface area contributed by atoms with Gasteiger partial charge in [0.15, 0.2) is 0 Å². The van der Waals surface area contributed by atoms with Crippen LogP contribution in [0.25, 0.3) is 0 Å². The van der Waals surface area contributed by atoms with Gasteiger partial charge in [0.25, 0.3) is 0 Å². The molecular weight excluding hydrogens is 250 g/mol. The normalized spacial score (nSPS) is 20.6. The highest BCUT2D eigenvalue weighted by Gasteiger charge is 2.21. The van der Waals surface area contributed by atoms with Crippen LogP contribution in [0.2, 0.25) is 0 Å². The second-order valence-corrected chi connectivity index (χ2v) is 6.55. The highest BCUT2D eigenvalue weighted by Crippen LogP contribution is 2.17. The van der Waals surface area contributed by atoms with Crippen LogP contribution in [0, 0.1) is 12.8 Å². The number of aromatic nitrogens is 1. The number of hydrogen-bond donors (Lipinski definition) is 2. The van der Waals surface area contributed by atoms with Crippen molar-refractivity contribution in [3.05, 3.63) is 24.0 Å². The molecule has 0 amide bonds. The molecule has 0 bridgehead atoms. The predicted octanol–water partition coefficient (Wildman–Crippen LogP) is 1.13. The molecule has 1 aliphatic heterocycles. The first kappa shape index (κ1) is 13.3. The topological polar surface area (TPSA) is 71.1 Å². The Hall–Kier alpha value is -1.14. The molecule has 1 unspecified atom stereocenters. The average molecular weight is 269 g/mol. The Balaban J connectivity index is 2.01. The summed E-state index contributed by atoms with van der Waals surface area (Å²) in [5, 5.41) is 3.23. The molecule has 2 rings (SSSR count). The Labute approximate surface area is 108 Å². The van der Waals surface area contributed by atoms with Crippen molar-refractivity contribution in [2.45, 2.75) is 19.8 Å². The maximum Gasteiger partial charge on any atom is 0.233 e. The minimum absolute atomic E-state index is 0.175. The molecule has 1 aromatic rings. The number of rotatable bonds is 4. The fraction of sp³-hybridized carbons (Fsp3) is 0.583. The molecule has 0 aromatic carbocycles. The summed E-state index contributed by atoms with van der Waals surface area (Å²) >= 11 is 0. The van der Waals surface area contributed by atoms with Crippen LogP contribution in [0.1, 0.15) is 18.4 Å². The van der Waals surface area contributed by atoms with Gasteiger partial charge in [0.1, 0.15) is 0 Å². The van der Waals surface area contributed by atoms with Gasteiger partial charge in [-0.25, -0.2) is 8.42 Å². The standard InChI is InChI=1S/C12H19N3O2S/c1-10-4-6-14-8-12(10)15-18(16,17)9-11-3-2-5-13-7-11/h4,6,8,11,13,15H,2-3,5,7,9H2,1H3. The van der Waals surface area contributed by atoms with Crippen molar-refractivity contribution < 1.29 is 8.42 Å². The van der Waals surface area contributed by atoms with Crippen LogP contribution in [0.4, 0.5) is 5.69 Å². The van der Waals surface area contributed by atoms with Gasteiger partial charge in [-0.2, -0.15) is 0 Å². The highest BCUT2D eigenvalue weighted by atomic mass is 32.2. The van der Waals surface area contributed by atoms with Crippen molar-refractivity contribution in [3.8, 4) is 0 Å². The van der Waals surface area contributed by atoms with E-state index in [-0.39, 0.29) is 11.7 Å². The summed E-state index contributed by atoms with van der Waals surface area (Å²) in [6.07, 6.45) is 5.22. The highest BCUT2D eigenvalue weighted by molar-refractivity contribution is 7.92. The van der Waals surface area contributed by atoms with Gasteiger partial charge >= 0.3 is 0 Å². The second kappa shape index (κ2) is 5.67. The van der Waals surface area contributed by atoms with Crippen LogP contribution in [-0.2, 0) is 10.0 Å². The lowest BCUT2D eigenvalue weighted by molar-refractivity contribution is 0.404. The number of aryl methyl sites for hydroxylation is 1. The van der Waals surface area contributed by atoms with E-state index in [1.807, 2.05) is 6.92 Å². The molecular formula is C12H19N3O2S. The van der Waals surface area contributed by atoms with Crippen LogP contribution in [0.5, 0.6) is 0 Å². The minimum atomic E-state index is -3.29. The lowest BCUT2D eigenvalue weighted by Gasteiger charge is -2.22. The van der Waals surface area contributed by atoms with Gasteiger partial charge in [0.2, 0.25) is 10.0 Å². The van der Waals surface area contributed by atoms with Crippen LogP contribution in [-0.4, -0.2) is 32.2 Å². The van der Waals surface area contributed by atoms with Crippen molar-refractivity contribution >= 4 is 15.7 Å². The summed E-state index contributed by atoms with van der Waals surface area (Å²) in [5.74, 6) is 0.377. The average Bonchev–Trinajstić information content (AvgIpc) is 2.32. The van der Waals surface area contributed by atoms with Crippen molar-refractivity contribution in [3.63, 3.8) is 0 Å². The lowest BCUT2D eigenvalue weighted by atomic mass is 10.0. The van der Waals surface area contributed by atoms with Crippen molar-refractivity contribution in [2.75, 3.05) is 23.6 Å². The van der Waals surface area contributed by atoms with E-state index in [2.05, 4.69) is 15.0 Å². The van der Waals surface area contributed by atoms with Crippen molar-refractivity contribution in [1.82, 2.24) is 10.3 Å². The van der Waals surface area contributed by atoms with Gasteiger partial charge in [0, 0.05) is 6.20 Å². The molecule has 0 spiro atoms. The Morgan fingerprint density at radius 3 is 3.06 bits per heavy atom. The number of hydrogen-bond acceptors (Lipinski definition) is 4. The number of nitrogens with one attached hydrogen (secondary N) is 2. The van der Waals surface area contributed by atoms with Gasteiger partial charge in [-0.05, 0) is 50.4 Å². The third-order valence-corrected chi connectivity index (χ3v) is 4.60. The first-order valence-electron chi connectivity index (χ1n) is 6.19. The van der Waals surface area contributed by atoms with E-state index in [4.69, 9.17) is 0 Å². The smallest absolute Gasteiger partial charge is 0.233 e. The lowest BCUT2D eigenvalue weighted by Crippen LogP contribution is -2.35. The van der Waals surface area contributed by atoms with Crippen LogP contribution in [0.3, 0.4) is 0 Å². The molecule has 18 heavy (non-hydrogen) atoms. The number of piperidine rings is 1.